The van der Waals surface area contributed by atoms with E-state index in [-0.39, 0.29) is 22.8 Å². The van der Waals surface area contributed by atoms with Gasteiger partial charge in [-0.05, 0) is 42.5 Å². The fraction of sp³-hybridized carbons (Fsp3) is 0.0952. The van der Waals surface area contributed by atoms with Crippen LogP contribution in [0.1, 0.15) is 11.4 Å². The lowest BCUT2D eigenvalue weighted by Gasteiger charge is -2.10. The van der Waals surface area contributed by atoms with Crippen LogP contribution in [0.25, 0.3) is 16.6 Å². The van der Waals surface area contributed by atoms with Crippen molar-refractivity contribution >= 4 is 34.1 Å². The summed E-state index contributed by atoms with van der Waals surface area (Å²) < 4.78 is 40.7. The minimum atomic E-state index is -4.65. The van der Waals surface area contributed by atoms with E-state index < -0.39 is 17.8 Å². The number of halogens is 4. The molecule has 4 aromatic rings. The third kappa shape index (κ3) is 4.13. The zero-order valence-electron chi connectivity index (χ0n) is 15.3. The van der Waals surface area contributed by atoms with Crippen molar-refractivity contribution in [2.24, 2.45) is 0 Å². The van der Waals surface area contributed by atoms with E-state index >= 15 is 0 Å². The molecule has 30 heavy (non-hydrogen) atoms. The normalized spacial score (nSPS) is 11.6. The Bertz CT molecular complexity index is 1240. The van der Waals surface area contributed by atoms with Gasteiger partial charge in [-0.25, -0.2) is 4.68 Å². The molecule has 5 nitrogen and oxygen atoms in total. The van der Waals surface area contributed by atoms with Gasteiger partial charge in [0, 0.05) is 17.3 Å². The number of nitrogens with zero attached hydrogens (tertiary/aromatic N) is 3. The average Bonchev–Trinajstić information content (AvgIpc) is 3.12. The number of amides is 1. The minimum Gasteiger partial charge on any atom is -0.326 e. The first kappa shape index (κ1) is 19.9. The quantitative estimate of drug-likeness (QED) is 0.479. The van der Waals surface area contributed by atoms with Crippen LogP contribution < -0.4 is 5.32 Å². The van der Waals surface area contributed by atoms with Gasteiger partial charge in [-0.3, -0.25) is 9.78 Å². The van der Waals surface area contributed by atoms with E-state index in [9.17, 15) is 18.0 Å². The number of fused-ring (bicyclic) bond motifs is 1. The summed E-state index contributed by atoms with van der Waals surface area (Å²) in [5.41, 5.74) is 0.508. The summed E-state index contributed by atoms with van der Waals surface area (Å²) in [7, 11) is 0. The molecule has 2 heterocycles. The van der Waals surface area contributed by atoms with E-state index in [1.54, 1.807) is 48.7 Å². The van der Waals surface area contributed by atoms with Crippen LogP contribution in [0.15, 0.2) is 66.9 Å². The topological polar surface area (TPSA) is 59.8 Å². The summed E-state index contributed by atoms with van der Waals surface area (Å²) in [6.45, 7) is 0. The van der Waals surface area contributed by atoms with Crippen molar-refractivity contribution in [2.45, 2.75) is 12.6 Å². The molecule has 2 aromatic heterocycles. The number of hydrogen-bond acceptors (Lipinski definition) is 3. The van der Waals surface area contributed by atoms with Crippen molar-refractivity contribution in [3.63, 3.8) is 0 Å². The Kier molecular flexibility index (Phi) is 5.17. The van der Waals surface area contributed by atoms with Gasteiger partial charge in [0.1, 0.15) is 0 Å². The van der Waals surface area contributed by atoms with Crippen LogP contribution in [0, 0.1) is 0 Å². The Balaban J connectivity index is 1.63. The summed E-state index contributed by atoms with van der Waals surface area (Å²) >= 11 is 6.13. The number of hydrogen-bond donors (Lipinski definition) is 1. The summed E-state index contributed by atoms with van der Waals surface area (Å²) in [5, 5.41) is 7.38. The highest BCUT2D eigenvalue weighted by molar-refractivity contribution is 6.32. The van der Waals surface area contributed by atoms with Gasteiger partial charge in [-0.2, -0.15) is 18.3 Å². The van der Waals surface area contributed by atoms with Gasteiger partial charge in [-0.1, -0.05) is 29.8 Å². The Hall–Kier alpha value is -3.39. The molecule has 4 rings (SSSR count). The van der Waals surface area contributed by atoms with E-state index in [4.69, 9.17) is 11.6 Å². The first-order valence-electron chi connectivity index (χ1n) is 8.87. The summed E-state index contributed by atoms with van der Waals surface area (Å²) in [6.07, 6.45) is -3.31. The smallest absolute Gasteiger partial charge is 0.326 e. The van der Waals surface area contributed by atoms with Gasteiger partial charge in [0.2, 0.25) is 5.91 Å². The van der Waals surface area contributed by atoms with Crippen LogP contribution in [-0.4, -0.2) is 20.7 Å². The number of para-hydroxylation sites is 1. The predicted molar refractivity (Wildman–Crippen MR) is 108 cm³/mol. The number of carbonyl (C=O) groups excluding carboxylic acids is 1. The number of benzene rings is 2. The first-order valence-corrected chi connectivity index (χ1v) is 9.25. The number of anilines is 1. The first-order chi connectivity index (χ1) is 14.3. The van der Waals surface area contributed by atoms with Crippen LogP contribution in [0.5, 0.6) is 0 Å². The molecular formula is C21H14ClF3N4O. The molecule has 0 saturated carbocycles. The average molecular weight is 431 g/mol. The summed E-state index contributed by atoms with van der Waals surface area (Å²) in [6, 6.07) is 16.0. The van der Waals surface area contributed by atoms with Crippen molar-refractivity contribution in [3.05, 3.63) is 83.3 Å². The van der Waals surface area contributed by atoms with Crippen LogP contribution >= 0.6 is 11.6 Å². The maximum atomic E-state index is 13.2. The van der Waals surface area contributed by atoms with Crippen molar-refractivity contribution < 1.29 is 18.0 Å². The molecule has 9 heteroatoms. The SMILES string of the molecule is O=C(Cc1cc(C(F)(F)F)nn1-c1ccccc1Cl)Nc1ccc2ncccc2c1. The highest BCUT2D eigenvalue weighted by atomic mass is 35.5. The molecule has 2 aromatic carbocycles. The van der Waals surface area contributed by atoms with E-state index in [0.29, 0.717) is 5.69 Å². The number of alkyl halides is 3. The second-order valence-electron chi connectivity index (χ2n) is 6.52. The monoisotopic (exact) mass is 430 g/mol. The molecule has 0 saturated heterocycles. The van der Waals surface area contributed by atoms with E-state index in [1.807, 2.05) is 6.07 Å². The highest BCUT2D eigenvalue weighted by Gasteiger charge is 2.35. The fourth-order valence-corrected chi connectivity index (χ4v) is 3.26. The molecule has 152 valence electrons. The van der Waals surface area contributed by atoms with Gasteiger partial charge < -0.3 is 5.32 Å². The number of nitrogens with one attached hydrogen (secondary N) is 1. The molecule has 1 N–H and O–H groups in total. The lowest BCUT2D eigenvalue weighted by atomic mass is 10.2. The van der Waals surface area contributed by atoms with Crippen LogP contribution in [0.4, 0.5) is 18.9 Å². The van der Waals surface area contributed by atoms with Crippen molar-refractivity contribution in [1.29, 1.82) is 0 Å². The number of pyridine rings is 1. The van der Waals surface area contributed by atoms with E-state index in [1.165, 1.54) is 6.07 Å². The molecule has 0 spiro atoms. The maximum Gasteiger partial charge on any atom is 0.435 e. The van der Waals surface area contributed by atoms with Crippen molar-refractivity contribution in [3.8, 4) is 5.69 Å². The van der Waals surface area contributed by atoms with Gasteiger partial charge in [-0.15, -0.1) is 0 Å². The molecular weight excluding hydrogens is 417 g/mol. The molecule has 0 bridgehead atoms. The Labute approximate surface area is 174 Å². The summed E-state index contributed by atoms with van der Waals surface area (Å²) in [5.74, 6) is -0.486. The Morgan fingerprint density at radius 1 is 1.07 bits per heavy atom. The van der Waals surface area contributed by atoms with Gasteiger partial charge in [0.15, 0.2) is 5.69 Å². The Morgan fingerprint density at radius 3 is 2.63 bits per heavy atom. The largest absolute Gasteiger partial charge is 0.435 e. The van der Waals surface area contributed by atoms with E-state index in [0.717, 1.165) is 21.7 Å². The maximum absolute atomic E-state index is 13.2. The minimum absolute atomic E-state index is 0.0652. The molecule has 0 aliphatic carbocycles. The zero-order valence-corrected chi connectivity index (χ0v) is 16.1. The van der Waals surface area contributed by atoms with Gasteiger partial charge in [0.25, 0.3) is 0 Å². The lowest BCUT2D eigenvalue weighted by molar-refractivity contribution is -0.141. The van der Waals surface area contributed by atoms with Crippen LogP contribution in [0.2, 0.25) is 5.02 Å². The van der Waals surface area contributed by atoms with E-state index in [2.05, 4.69) is 15.4 Å². The standard InChI is InChI=1S/C21H14ClF3N4O/c22-16-5-1-2-6-18(16)29-15(11-19(28-29)21(23,24)25)12-20(30)27-14-7-8-17-13(10-14)4-3-9-26-17/h1-11H,12H2,(H,27,30). The highest BCUT2D eigenvalue weighted by Crippen LogP contribution is 2.31. The Morgan fingerprint density at radius 2 is 1.87 bits per heavy atom. The molecule has 0 radical (unpaired) electrons. The van der Waals surface area contributed by atoms with Crippen LogP contribution in [0.3, 0.4) is 0 Å². The number of rotatable bonds is 4. The molecule has 0 atom stereocenters. The molecule has 0 aliphatic heterocycles. The molecule has 0 aliphatic rings. The molecule has 1 amide bonds. The number of aromatic nitrogens is 3. The van der Waals surface area contributed by atoms with Crippen LogP contribution in [-0.2, 0) is 17.4 Å². The third-order valence-electron chi connectivity index (χ3n) is 4.38. The third-order valence-corrected chi connectivity index (χ3v) is 4.70. The second kappa shape index (κ2) is 7.79. The predicted octanol–water partition coefficient (Wildman–Crippen LogP) is 5.27. The van der Waals surface area contributed by atoms with Gasteiger partial charge in [0.05, 0.1) is 28.3 Å². The summed E-state index contributed by atoms with van der Waals surface area (Å²) in [4.78, 5) is 16.8. The van der Waals surface area contributed by atoms with Crippen molar-refractivity contribution in [2.75, 3.05) is 5.32 Å². The zero-order chi connectivity index (χ0) is 21.3. The fourth-order valence-electron chi connectivity index (χ4n) is 3.04. The van der Waals surface area contributed by atoms with Gasteiger partial charge >= 0.3 is 6.18 Å². The number of carbonyl (C=O) groups is 1. The second-order valence-corrected chi connectivity index (χ2v) is 6.92. The van der Waals surface area contributed by atoms with Crippen molar-refractivity contribution in [1.82, 2.24) is 14.8 Å². The molecule has 0 fully saturated rings. The lowest BCUT2D eigenvalue weighted by Crippen LogP contribution is -2.17. The molecule has 0 unspecified atom stereocenters.